The molecule has 0 spiro atoms. The number of nitrogens with zero attached hydrogens (tertiary/aromatic N) is 6. The number of rotatable bonds is 2. The van der Waals surface area contributed by atoms with E-state index in [4.69, 9.17) is 0 Å². The summed E-state index contributed by atoms with van der Waals surface area (Å²) in [6.07, 6.45) is 3.74. The van der Waals surface area contributed by atoms with Crippen molar-refractivity contribution in [1.29, 1.82) is 0 Å². The molecule has 0 N–H and O–H groups in total. The first-order valence-electron chi connectivity index (χ1n) is 6.98. The van der Waals surface area contributed by atoms with Crippen LogP contribution in [0.25, 0.3) is 32.2 Å². The average molecular weight is 389 g/mol. The summed E-state index contributed by atoms with van der Waals surface area (Å²) < 4.78 is 18.2. The highest BCUT2D eigenvalue weighted by Crippen LogP contribution is 2.52. The molecule has 0 unspecified atom stereocenters. The second-order valence-electron chi connectivity index (χ2n) is 5.23. The predicted molar refractivity (Wildman–Crippen MR) is 101 cm³/mol. The fraction of sp³-hybridized carbons (Fsp3) is 0.143. The van der Waals surface area contributed by atoms with E-state index < -0.39 is 0 Å². The molecule has 118 valence electrons. The third-order valence-corrected chi connectivity index (χ3v) is 6.51. The van der Waals surface area contributed by atoms with Gasteiger partial charge in [-0.05, 0) is 13.8 Å². The Balaban J connectivity index is 1.92. The van der Waals surface area contributed by atoms with E-state index in [1.807, 2.05) is 26.2 Å². The van der Waals surface area contributed by atoms with E-state index in [1.54, 1.807) is 22.7 Å². The van der Waals surface area contributed by atoms with E-state index in [1.165, 1.54) is 23.1 Å². The molecule has 6 nitrogen and oxygen atoms in total. The molecule has 0 saturated heterocycles. The minimum Gasteiger partial charge on any atom is -0.244 e. The van der Waals surface area contributed by atoms with Crippen LogP contribution in [0.4, 0.5) is 11.4 Å². The van der Waals surface area contributed by atoms with Gasteiger partial charge in [-0.2, -0.15) is 17.5 Å². The van der Waals surface area contributed by atoms with Crippen molar-refractivity contribution in [3.8, 4) is 21.1 Å². The number of thiazole rings is 2. The number of fused-ring (bicyclic) bond motifs is 2. The zero-order chi connectivity index (χ0) is 16.3. The maximum absolute atomic E-state index is 4.54. The zero-order valence-corrected chi connectivity index (χ0v) is 15.7. The Morgan fingerprint density at radius 3 is 1.67 bits per heavy atom. The first-order chi connectivity index (χ1) is 11.7. The second-order valence-corrected chi connectivity index (χ2v) is 8.75. The highest BCUT2D eigenvalue weighted by atomic mass is 32.1. The van der Waals surface area contributed by atoms with Crippen LogP contribution in [0.2, 0.25) is 0 Å². The summed E-state index contributed by atoms with van der Waals surface area (Å²) in [5, 5.41) is 1.81. The molecule has 0 fully saturated rings. The van der Waals surface area contributed by atoms with Gasteiger partial charge in [0.15, 0.2) is 0 Å². The fourth-order valence-electron chi connectivity index (χ4n) is 2.60. The lowest BCUT2D eigenvalue weighted by molar-refractivity contribution is 1.37. The van der Waals surface area contributed by atoms with Gasteiger partial charge < -0.3 is 0 Å². The van der Waals surface area contributed by atoms with Crippen LogP contribution in [0.5, 0.6) is 0 Å². The van der Waals surface area contributed by atoms with E-state index >= 15 is 0 Å². The molecular weight excluding hydrogens is 380 g/mol. The Morgan fingerprint density at radius 2 is 1.25 bits per heavy atom. The Labute approximate surface area is 152 Å². The van der Waals surface area contributed by atoms with Crippen LogP contribution in [0, 0.1) is 13.8 Å². The van der Waals surface area contributed by atoms with Gasteiger partial charge >= 0.3 is 0 Å². The first-order valence-corrected chi connectivity index (χ1v) is 10.1. The van der Waals surface area contributed by atoms with Crippen LogP contribution < -0.4 is 0 Å². The molecule has 4 aromatic rings. The van der Waals surface area contributed by atoms with Crippen molar-refractivity contribution in [2.45, 2.75) is 13.8 Å². The van der Waals surface area contributed by atoms with Gasteiger partial charge in [0.25, 0.3) is 0 Å². The van der Waals surface area contributed by atoms with Crippen molar-refractivity contribution in [1.82, 2.24) is 18.7 Å². The summed E-state index contributed by atoms with van der Waals surface area (Å²) in [5.74, 6) is 0. The fourth-order valence-corrected chi connectivity index (χ4v) is 5.34. The number of hydrogen-bond acceptors (Lipinski definition) is 9. The summed E-state index contributed by atoms with van der Waals surface area (Å²) in [6, 6.07) is 0. The van der Waals surface area contributed by atoms with Gasteiger partial charge in [0.05, 0.1) is 34.2 Å². The van der Waals surface area contributed by atoms with Crippen LogP contribution in [-0.2, 0) is 11.4 Å². The zero-order valence-electron chi connectivity index (χ0n) is 12.5. The van der Waals surface area contributed by atoms with Gasteiger partial charge in [0, 0.05) is 22.1 Å². The Morgan fingerprint density at radius 1 is 0.750 bits per heavy atom. The molecule has 10 heteroatoms. The molecule has 4 heterocycles. The molecule has 24 heavy (non-hydrogen) atoms. The molecule has 0 radical (unpaired) electrons. The standard InChI is InChI=1S/C14H8N6S4/c1-5-3-15-13(21-5)7-9-11(19-23-17-9)8(12-10(7)18-24-20-12)14-16-4-6(2)22-14/h3-4H,1-2H3. The van der Waals surface area contributed by atoms with Crippen molar-refractivity contribution in [2.75, 3.05) is 0 Å². The van der Waals surface area contributed by atoms with E-state index in [0.717, 1.165) is 53.3 Å². The minimum absolute atomic E-state index is 0.831. The van der Waals surface area contributed by atoms with Crippen molar-refractivity contribution in [3.05, 3.63) is 22.1 Å². The van der Waals surface area contributed by atoms with Crippen LogP contribution in [0.1, 0.15) is 9.75 Å². The largest absolute Gasteiger partial charge is 0.244 e. The summed E-state index contributed by atoms with van der Waals surface area (Å²) in [6.45, 7) is 4.09. The summed E-state index contributed by atoms with van der Waals surface area (Å²) in [7, 11) is 0. The molecule has 1 aliphatic heterocycles. The maximum atomic E-state index is 4.54. The normalized spacial score (nSPS) is 12.8. The SMILES string of the molecule is Cc1cnc(-c2c3c(c(-c4ncc(C)s4)c4nsnc24)N=S=N3)s1. The molecule has 0 saturated carbocycles. The predicted octanol–water partition coefficient (Wildman–Crippen LogP) is 5.28. The quantitative estimate of drug-likeness (QED) is 0.412. The number of hydrogen-bond donors (Lipinski definition) is 0. The third kappa shape index (κ3) is 2.04. The lowest BCUT2D eigenvalue weighted by Gasteiger charge is -2.08. The minimum atomic E-state index is 0.831. The topological polar surface area (TPSA) is 76.3 Å². The van der Waals surface area contributed by atoms with Gasteiger partial charge in [-0.1, -0.05) is 0 Å². The number of aromatic nitrogens is 4. The van der Waals surface area contributed by atoms with Gasteiger partial charge in [-0.15, -0.1) is 22.7 Å². The van der Waals surface area contributed by atoms with E-state index in [0.29, 0.717) is 0 Å². The lowest BCUT2D eigenvalue weighted by atomic mass is 10.0. The number of aryl methyl sites for hydroxylation is 2. The second kappa shape index (κ2) is 5.31. The maximum Gasteiger partial charge on any atom is 0.128 e. The molecule has 3 aromatic heterocycles. The van der Waals surface area contributed by atoms with Crippen LogP contribution in [0.15, 0.2) is 21.1 Å². The summed E-state index contributed by atoms with van der Waals surface area (Å²) >= 11 is 5.66. The van der Waals surface area contributed by atoms with E-state index in [2.05, 4.69) is 27.4 Å². The highest BCUT2D eigenvalue weighted by molar-refractivity contribution is 7.58. The molecule has 1 aromatic carbocycles. The van der Waals surface area contributed by atoms with E-state index in [9.17, 15) is 0 Å². The summed E-state index contributed by atoms with van der Waals surface area (Å²) in [4.78, 5) is 11.4. The van der Waals surface area contributed by atoms with Crippen molar-refractivity contribution in [2.24, 2.45) is 8.73 Å². The van der Waals surface area contributed by atoms with Crippen LogP contribution in [-0.4, -0.2) is 18.7 Å². The Hall–Kier alpha value is -1.88. The Kier molecular flexibility index (Phi) is 3.20. The molecule has 0 atom stereocenters. The molecule has 5 rings (SSSR count). The lowest BCUT2D eigenvalue weighted by Crippen LogP contribution is -1.87. The smallest absolute Gasteiger partial charge is 0.128 e. The Bertz CT molecular complexity index is 1090. The van der Waals surface area contributed by atoms with Crippen LogP contribution >= 0.6 is 34.4 Å². The van der Waals surface area contributed by atoms with Crippen molar-refractivity contribution < 1.29 is 0 Å². The van der Waals surface area contributed by atoms with Gasteiger partial charge in [-0.25, -0.2) is 9.97 Å². The highest BCUT2D eigenvalue weighted by Gasteiger charge is 2.28. The molecular formula is C14H8N6S4. The van der Waals surface area contributed by atoms with Gasteiger partial charge in [0.2, 0.25) is 0 Å². The molecule has 0 aliphatic carbocycles. The van der Waals surface area contributed by atoms with Crippen molar-refractivity contribution in [3.63, 3.8) is 0 Å². The van der Waals surface area contributed by atoms with Crippen molar-refractivity contribution >= 4 is 68.2 Å². The van der Waals surface area contributed by atoms with Gasteiger partial charge in [-0.3, -0.25) is 0 Å². The average Bonchev–Trinajstić information content (AvgIpc) is 3.31. The van der Waals surface area contributed by atoms with E-state index in [-0.39, 0.29) is 0 Å². The first kappa shape index (κ1) is 14.5. The van der Waals surface area contributed by atoms with Crippen LogP contribution in [0.3, 0.4) is 0 Å². The number of benzene rings is 1. The monoisotopic (exact) mass is 388 g/mol. The molecule has 1 aliphatic rings. The summed E-state index contributed by atoms with van der Waals surface area (Å²) in [5.41, 5.74) is 5.18. The molecule has 0 amide bonds. The van der Waals surface area contributed by atoms with Gasteiger partial charge in [0.1, 0.15) is 32.4 Å². The third-order valence-electron chi connectivity index (χ3n) is 3.59. The molecule has 0 bridgehead atoms.